The van der Waals surface area contributed by atoms with E-state index in [-0.39, 0.29) is 30.3 Å². The summed E-state index contributed by atoms with van der Waals surface area (Å²) in [6, 6.07) is 15.2. The van der Waals surface area contributed by atoms with E-state index in [1.165, 1.54) is 5.56 Å². The van der Waals surface area contributed by atoms with Crippen molar-refractivity contribution in [3.05, 3.63) is 70.8 Å². The van der Waals surface area contributed by atoms with Crippen LogP contribution in [0.25, 0.3) is 0 Å². The maximum absolute atomic E-state index is 13.3. The van der Waals surface area contributed by atoms with Gasteiger partial charge < -0.3 is 10.6 Å². The molecule has 0 bridgehead atoms. The number of nitrogens with zero attached hydrogens (tertiary/aromatic N) is 1. The molecule has 1 fully saturated rings. The highest BCUT2D eigenvalue weighted by atomic mass is 16.2. The number of carbonyl (C=O) groups is 3. The monoisotopic (exact) mass is 433 g/mol. The quantitative estimate of drug-likeness (QED) is 0.676. The van der Waals surface area contributed by atoms with Crippen LogP contribution >= 0.6 is 0 Å². The van der Waals surface area contributed by atoms with Gasteiger partial charge in [0.1, 0.15) is 12.1 Å². The number of nitrogens with one attached hydrogen (secondary N) is 2. The summed E-state index contributed by atoms with van der Waals surface area (Å²) in [4.78, 5) is 40.0. The molecule has 168 valence electrons. The summed E-state index contributed by atoms with van der Waals surface area (Å²) in [7, 11) is 0. The zero-order valence-corrected chi connectivity index (χ0v) is 19.1. The van der Waals surface area contributed by atoms with E-state index in [0.717, 1.165) is 28.0 Å². The molecule has 0 aromatic heterocycles. The number of benzene rings is 2. The van der Waals surface area contributed by atoms with Crippen molar-refractivity contribution < 1.29 is 14.4 Å². The first-order valence-corrected chi connectivity index (χ1v) is 11.3. The van der Waals surface area contributed by atoms with Gasteiger partial charge in [0.15, 0.2) is 0 Å². The van der Waals surface area contributed by atoms with Crippen molar-refractivity contribution >= 4 is 17.8 Å². The third-order valence-corrected chi connectivity index (χ3v) is 6.67. The average Bonchev–Trinajstić information content (AvgIpc) is 3.25. The Morgan fingerprint density at radius 1 is 1.03 bits per heavy atom. The Hall–Kier alpha value is -3.15. The third-order valence-electron chi connectivity index (χ3n) is 6.67. The molecular formula is C26H31N3O3. The minimum absolute atomic E-state index is 0.153. The highest BCUT2D eigenvalue weighted by molar-refractivity contribution is 6.09. The van der Waals surface area contributed by atoms with Crippen LogP contribution in [0.15, 0.2) is 48.5 Å². The Labute approximate surface area is 189 Å². The van der Waals surface area contributed by atoms with Gasteiger partial charge in [-0.25, -0.2) is 4.79 Å². The minimum atomic E-state index is -1.04. The molecule has 2 N–H and O–H groups in total. The summed E-state index contributed by atoms with van der Waals surface area (Å²) >= 11 is 0. The van der Waals surface area contributed by atoms with Gasteiger partial charge in [-0.05, 0) is 46.9 Å². The molecule has 2 unspecified atom stereocenters. The molecule has 0 radical (unpaired) electrons. The first kappa shape index (κ1) is 22.1. The predicted octanol–water partition coefficient (Wildman–Crippen LogP) is 4.02. The second-order valence-corrected chi connectivity index (χ2v) is 9.49. The molecule has 1 heterocycles. The number of amides is 4. The number of carbonyl (C=O) groups excluding carboxylic acids is 3. The molecule has 2 aromatic carbocycles. The van der Waals surface area contributed by atoms with Crippen LogP contribution in [0.3, 0.4) is 0 Å². The number of fused-ring (bicyclic) bond motifs is 2. The van der Waals surface area contributed by atoms with Gasteiger partial charge in [0, 0.05) is 0 Å². The number of hydrogen-bond donors (Lipinski definition) is 2. The number of aryl methyl sites for hydroxylation is 1. The highest BCUT2D eigenvalue weighted by Gasteiger charge is 2.55. The Morgan fingerprint density at radius 3 is 2.34 bits per heavy atom. The maximum Gasteiger partial charge on any atom is 0.325 e. The van der Waals surface area contributed by atoms with Gasteiger partial charge in [0.05, 0.1) is 6.04 Å². The third kappa shape index (κ3) is 3.78. The zero-order valence-electron chi connectivity index (χ0n) is 19.1. The van der Waals surface area contributed by atoms with Gasteiger partial charge in [-0.15, -0.1) is 0 Å². The molecule has 2 aliphatic rings. The molecule has 1 aliphatic carbocycles. The minimum Gasteiger partial charge on any atom is -0.347 e. The van der Waals surface area contributed by atoms with Crippen LogP contribution < -0.4 is 10.6 Å². The summed E-state index contributed by atoms with van der Waals surface area (Å²) in [6.07, 6.45) is 1.25. The summed E-state index contributed by atoms with van der Waals surface area (Å²) in [5.74, 6) is -0.0997. The molecule has 1 saturated heterocycles. The normalized spacial score (nSPS) is 20.8. The highest BCUT2D eigenvalue weighted by Crippen LogP contribution is 2.41. The first-order chi connectivity index (χ1) is 15.2. The topological polar surface area (TPSA) is 78.5 Å². The van der Waals surface area contributed by atoms with Gasteiger partial charge in [-0.2, -0.15) is 0 Å². The summed E-state index contributed by atoms with van der Waals surface area (Å²) in [6.45, 7) is 8.08. The van der Waals surface area contributed by atoms with Gasteiger partial charge in [0.25, 0.3) is 5.91 Å². The van der Waals surface area contributed by atoms with Gasteiger partial charge >= 0.3 is 6.03 Å². The molecule has 0 saturated carbocycles. The van der Waals surface area contributed by atoms with Gasteiger partial charge in [-0.1, -0.05) is 76.2 Å². The zero-order chi connectivity index (χ0) is 23.0. The van der Waals surface area contributed by atoms with E-state index in [1.54, 1.807) is 0 Å². The molecule has 1 spiro atoms. The molecule has 2 aromatic rings. The summed E-state index contributed by atoms with van der Waals surface area (Å²) < 4.78 is 0. The Balaban J connectivity index is 1.48. The lowest BCUT2D eigenvalue weighted by Gasteiger charge is -2.25. The number of hydrogen-bond acceptors (Lipinski definition) is 3. The van der Waals surface area contributed by atoms with Crippen LogP contribution in [-0.2, 0) is 21.5 Å². The van der Waals surface area contributed by atoms with E-state index in [1.807, 2.05) is 50.2 Å². The largest absolute Gasteiger partial charge is 0.347 e. The van der Waals surface area contributed by atoms with E-state index >= 15 is 0 Å². The fourth-order valence-electron chi connectivity index (χ4n) is 4.82. The van der Waals surface area contributed by atoms with E-state index < -0.39 is 11.6 Å². The fourth-order valence-corrected chi connectivity index (χ4v) is 4.82. The van der Waals surface area contributed by atoms with Crippen molar-refractivity contribution in [2.75, 3.05) is 6.54 Å². The van der Waals surface area contributed by atoms with Crippen molar-refractivity contribution in [2.45, 2.75) is 58.0 Å². The Kier molecular flexibility index (Phi) is 5.80. The number of imide groups is 1. The molecule has 4 rings (SSSR count). The fraction of sp³-hybridized carbons (Fsp3) is 0.423. The summed E-state index contributed by atoms with van der Waals surface area (Å²) in [5.41, 5.74) is 3.11. The van der Waals surface area contributed by atoms with Crippen LogP contribution in [-0.4, -0.2) is 29.3 Å². The van der Waals surface area contributed by atoms with Crippen LogP contribution in [0.4, 0.5) is 4.79 Å². The molecule has 6 heteroatoms. The second-order valence-electron chi connectivity index (χ2n) is 9.49. The maximum atomic E-state index is 13.3. The van der Waals surface area contributed by atoms with Crippen LogP contribution in [0.5, 0.6) is 0 Å². The van der Waals surface area contributed by atoms with Crippen molar-refractivity contribution in [1.29, 1.82) is 0 Å². The summed E-state index contributed by atoms with van der Waals surface area (Å²) in [5, 5.41) is 5.91. The van der Waals surface area contributed by atoms with E-state index in [2.05, 4.69) is 36.6 Å². The van der Waals surface area contributed by atoms with Crippen LogP contribution in [0.2, 0.25) is 0 Å². The first-order valence-electron chi connectivity index (χ1n) is 11.3. The SMILES string of the molecule is CC(C)c1ccc(C(NC(=O)CN2C(=O)NC3(CCc4ccccc43)C2=O)C(C)C)cc1. The Morgan fingerprint density at radius 2 is 1.69 bits per heavy atom. The van der Waals surface area contributed by atoms with Gasteiger partial charge in [-0.3, -0.25) is 14.5 Å². The molecular weight excluding hydrogens is 402 g/mol. The Bertz CT molecular complexity index is 1040. The van der Waals surface area contributed by atoms with E-state index in [0.29, 0.717) is 12.3 Å². The van der Waals surface area contributed by atoms with Crippen molar-refractivity contribution in [1.82, 2.24) is 15.5 Å². The second kappa shape index (κ2) is 8.41. The number of rotatable bonds is 6. The molecule has 32 heavy (non-hydrogen) atoms. The molecule has 1 aliphatic heterocycles. The smallest absolute Gasteiger partial charge is 0.325 e. The lowest BCUT2D eigenvalue weighted by atomic mass is 9.92. The molecule has 6 nitrogen and oxygen atoms in total. The molecule has 2 atom stereocenters. The van der Waals surface area contributed by atoms with Crippen LogP contribution in [0.1, 0.15) is 68.3 Å². The average molecular weight is 434 g/mol. The van der Waals surface area contributed by atoms with Crippen molar-refractivity contribution in [3.63, 3.8) is 0 Å². The van der Waals surface area contributed by atoms with Crippen LogP contribution in [0, 0.1) is 5.92 Å². The van der Waals surface area contributed by atoms with E-state index in [4.69, 9.17) is 0 Å². The molecule has 4 amide bonds. The lowest BCUT2D eigenvalue weighted by Crippen LogP contribution is -2.44. The van der Waals surface area contributed by atoms with Crippen molar-refractivity contribution in [3.8, 4) is 0 Å². The van der Waals surface area contributed by atoms with Crippen molar-refractivity contribution in [2.24, 2.45) is 5.92 Å². The van der Waals surface area contributed by atoms with Gasteiger partial charge in [0.2, 0.25) is 5.91 Å². The lowest BCUT2D eigenvalue weighted by molar-refractivity contribution is -0.135. The van der Waals surface area contributed by atoms with E-state index in [9.17, 15) is 14.4 Å². The standard InChI is InChI=1S/C26H31N3O3/c1-16(2)18-9-11-20(12-10-18)23(17(3)4)27-22(30)15-29-24(31)26(28-25(29)32)14-13-19-7-5-6-8-21(19)26/h5-12,16-17,23H,13-15H2,1-4H3,(H,27,30)(H,28,32). The predicted molar refractivity (Wildman–Crippen MR) is 123 cm³/mol. The number of urea groups is 1.